The average molecular weight is 636 g/mol. The van der Waals surface area contributed by atoms with E-state index in [1.165, 1.54) is 7.11 Å². The summed E-state index contributed by atoms with van der Waals surface area (Å²) >= 11 is 0. The zero-order valence-corrected chi connectivity index (χ0v) is 28.0. The maximum atomic E-state index is 14.3. The molecule has 3 atom stereocenters. The van der Waals surface area contributed by atoms with Crippen molar-refractivity contribution in [1.82, 2.24) is 15.2 Å². The highest BCUT2D eigenvalue weighted by Crippen LogP contribution is 2.49. The van der Waals surface area contributed by atoms with Gasteiger partial charge in [0.05, 0.1) is 32.0 Å². The molecule has 2 aliphatic heterocycles. The SMILES string of the molecule is C=CCCCCCC(NC(=O)OC(C)(C)C)C(=O)N1CC2(CCc3c(c(C4CCC4)nc4ccc(OC)cc34)O2)CC1C(=O)OC. The summed E-state index contributed by atoms with van der Waals surface area (Å²) in [6, 6.07) is 4.24. The highest BCUT2D eigenvalue weighted by molar-refractivity contribution is 5.91. The van der Waals surface area contributed by atoms with Gasteiger partial charge in [0.25, 0.3) is 0 Å². The van der Waals surface area contributed by atoms with E-state index in [2.05, 4.69) is 11.9 Å². The van der Waals surface area contributed by atoms with Gasteiger partial charge in [0.2, 0.25) is 5.91 Å². The van der Waals surface area contributed by atoms with Crippen LogP contribution in [0.5, 0.6) is 11.5 Å². The van der Waals surface area contributed by atoms with Crippen molar-refractivity contribution in [2.45, 2.75) is 121 Å². The fraction of sp³-hybridized carbons (Fsp3) is 0.611. The molecule has 0 radical (unpaired) electrons. The van der Waals surface area contributed by atoms with Crippen LogP contribution in [-0.2, 0) is 25.5 Å². The Labute approximate surface area is 272 Å². The molecule has 3 unspecified atom stereocenters. The summed E-state index contributed by atoms with van der Waals surface area (Å²) in [5.41, 5.74) is 1.45. The number of fused-ring (bicyclic) bond motifs is 3. The number of rotatable bonds is 11. The molecule has 46 heavy (non-hydrogen) atoms. The van der Waals surface area contributed by atoms with Gasteiger partial charge < -0.3 is 29.2 Å². The largest absolute Gasteiger partial charge is 0.497 e. The Morgan fingerprint density at radius 1 is 1.20 bits per heavy atom. The number of nitrogens with zero attached hydrogens (tertiary/aromatic N) is 2. The van der Waals surface area contributed by atoms with Gasteiger partial charge in [-0.25, -0.2) is 14.6 Å². The van der Waals surface area contributed by atoms with E-state index < -0.39 is 35.3 Å². The number of benzene rings is 1. The van der Waals surface area contributed by atoms with Crippen molar-refractivity contribution < 1.29 is 33.3 Å². The number of methoxy groups -OCH3 is 2. The van der Waals surface area contributed by atoms with Crippen molar-refractivity contribution in [1.29, 1.82) is 0 Å². The maximum Gasteiger partial charge on any atom is 0.408 e. The van der Waals surface area contributed by atoms with Gasteiger partial charge in [-0.2, -0.15) is 0 Å². The van der Waals surface area contributed by atoms with Gasteiger partial charge in [-0.05, 0) is 83.9 Å². The molecule has 1 spiro atoms. The molecular formula is C36H49N3O7. The number of amides is 2. The van der Waals surface area contributed by atoms with Gasteiger partial charge >= 0.3 is 12.1 Å². The minimum atomic E-state index is -0.861. The Hall–Kier alpha value is -3.82. The molecule has 2 amide bonds. The summed E-state index contributed by atoms with van der Waals surface area (Å²) < 4.78 is 23.2. The van der Waals surface area contributed by atoms with Crippen molar-refractivity contribution >= 4 is 28.9 Å². The van der Waals surface area contributed by atoms with Crippen LogP contribution in [0.3, 0.4) is 0 Å². The lowest BCUT2D eigenvalue weighted by molar-refractivity contribution is -0.151. The summed E-state index contributed by atoms with van der Waals surface area (Å²) in [6.45, 7) is 9.32. The number of carbonyl (C=O) groups is 3. The van der Waals surface area contributed by atoms with Crippen LogP contribution in [0, 0.1) is 0 Å². The fourth-order valence-corrected chi connectivity index (χ4v) is 6.88. The molecule has 2 aromatic rings. The number of esters is 1. The zero-order chi connectivity index (χ0) is 33.1. The molecule has 5 rings (SSSR count). The summed E-state index contributed by atoms with van der Waals surface area (Å²) in [6.07, 6.45) is 9.93. The number of hydrogen-bond donors (Lipinski definition) is 1. The smallest absolute Gasteiger partial charge is 0.408 e. The van der Waals surface area contributed by atoms with Crippen molar-refractivity contribution in [3.63, 3.8) is 0 Å². The molecule has 1 N–H and O–H groups in total. The Bertz CT molecular complexity index is 1460. The van der Waals surface area contributed by atoms with E-state index in [1.807, 2.05) is 24.3 Å². The van der Waals surface area contributed by atoms with Gasteiger partial charge in [0.15, 0.2) is 0 Å². The van der Waals surface area contributed by atoms with E-state index >= 15 is 0 Å². The number of carbonyl (C=O) groups excluding carboxylic acids is 3. The number of pyridine rings is 1. The maximum absolute atomic E-state index is 14.3. The van der Waals surface area contributed by atoms with E-state index in [0.717, 1.165) is 78.6 Å². The molecule has 1 aromatic carbocycles. The number of aromatic nitrogens is 1. The molecule has 2 fully saturated rings. The van der Waals surface area contributed by atoms with Crippen LogP contribution < -0.4 is 14.8 Å². The second kappa shape index (κ2) is 13.9. The second-order valence-corrected chi connectivity index (χ2v) is 13.9. The number of allylic oxidation sites excluding steroid dienone is 1. The van der Waals surface area contributed by atoms with E-state index in [9.17, 15) is 14.4 Å². The van der Waals surface area contributed by atoms with Gasteiger partial charge in [0, 0.05) is 23.3 Å². The van der Waals surface area contributed by atoms with Gasteiger partial charge in [-0.1, -0.05) is 25.3 Å². The first-order valence-electron chi connectivity index (χ1n) is 16.7. The second-order valence-electron chi connectivity index (χ2n) is 13.9. The first-order valence-corrected chi connectivity index (χ1v) is 16.7. The van der Waals surface area contributed by atoms with Crippen LogP contribution in [-0.4, -0.2) is 71.9 Å². The predicted molar refractivity (Wildman–Crippen MR) is 175 cm³/mol. The molecule has 3 heterocycles. The molecule has 1 saturated heterocycles. The summed E-state index contributed by atoms with van der Waals surface area (Å²) in [5.74, 6) is 1.01. The van der Waals surface area contributed by atoms with E-state index in [1.54, 1.807) is 32.8 Å². The van der Waals surface area contributed by atoms with Crippen LogP contribution >= 0.6 is 0 Å². The highest BCUT2D eigenvalue weighted by Gasteiger charge is 2.54. The van der Waals surface area contributed by atoms with Crippen LogP contribution in [0.15, 0.2) is 30.9 Å². The van der Waals surface area contributed by atoms with E-state index in [4.69, 9.17) is 23.9 Å². The first kappa shape index (κ1) is 33.5. The Morgan fingerprint density at radius 3 is 2.63 bits per heavy atom. The topological polar surface area (TPSA) is 116 Å². The lowest BCUT2D eigenvalue weighted by atomic mass is 9.79. The molecule has 250 valence electrons. The van der Waals surface area contributed by atoms with Gasteiger partial charge in [-0.3, -0.25) is 4.79 Å². The average Bonchev–Trinajstić information content (AvgIpc) is 3.36. The monoisotopic (exact) mass is 635 g/mol. The van der Waals surface area contributed by atoms with Crippen LogP contribution in [0.1, 0.15) is 102 Å². The number of likely N-dealkylation sites (tertiary alicyclic amines) is 1. The minimum Gasteiger partial charge on any atom is -0.497 e. The number of alkyl carbamates (subject to hydrolysis) is 1. The number of hydrogen-bond acceptors (Lipinski definition) is 8. The third-order valence-electron chi connectivity index (χ3n) is 9.46. The standard InChI is InChI=1S/C36H49N3O7/c1-7-8-9-10-11-15-28(38-34(42)46-35(2,3)4)32(40)39-22-36(21-29(39)33(41)44-6)19-18-25-26-20-24(43-5)16-17-27(26)37-30(31(25)45-36)23-13-12-14-23/h7,16-17,20,23,28-29H,1,8-15,18-19,21-22H2,2-6H3,(H,38,42). The van der Waals surface area contributed by atoms with Gasteiger partial charge in [-0.15, -0.1) is 6.58 Å². The number of unbranched alkanes of at least 4 members (excludes halogenated alkanes) is 3. The lowest BCUT2D eigenvalue weighted by Gasteiger charge is -2.39. The first-order chi connectivity index (χ1) is 22.0. The lowest BCUT2D eigenvalue weighted by Crippen LogP contribution is -2.53. The molecule has 1 aliphatic carbocycles. The minimum absolute atomic E-state index is 0.203. The predicted octanol–water partition coefficient (Wildman–Crippen LogP) is 6.38. The summed E-state index contributed by atoms with van der Waals surface area (Å²) in [4.78, 5) is 47.0. The Kier molecular flexibility index (Phi) is 10.1. The van der Waals surface area contributed by atoms with Crippen LogP contribution in [0.2, 0.25) is 0 Å². The zero-order valence-electron chi connectivity index (χ0n) is 28.0. The number of aryl methyl sites for hydroxylation is 1. The van der Waals surface area contributed by atoms with Gasteiger partial charge in [0.1, 0.15) is 34.8 Å². The van der Waals surface area contributed by atoms with E-state index in [0.29, 0.717) is 31.6 Å². The molecular weight excluding hydrogens is 586 g/mol. The molecule has 0 bridgehead atoms. The summed E-state index contributed by atoms with van der Waals surface area (Å²) in [5, 5.41) is 3.81. The fourth-order valence-electron chi connectivity index (χ4n) is 6.88. The Morgan fingerprint density at radius 2 is 1.98 bits per heavy atom. The Balaban J connectivity index is 1.45. The van der Waals surface area contributed by atoms with E-state index in [-0.39, 0.29) is 12.5 Å². The third kappa shape index (κ3) is 7.26. The van der Waals surface area contributed by atoms with Crippen molar-refractivity contribution in [2.24, 2.45) is 0 Å². The molecule has 10 heteroatoms. The van der Waals surface area contributed by atoms with Crippen LogP contribution in [0.25, 0.3) is 10.9 Å². The number of nitrogens with one attached hydrogen (secondary N) is 1. The molecule has 1 saturated carbocycles. The summed E-state index contributed by atoms with van der Waals surface area (Å²) in [7, 11) is 2.99. The highest BCUT2D eigenvalue weighted by atomic mass is 16.6. The quantitative estimate of drug-likeness (QED) is 0.172. The molecule has 3 aliphatic rings. The normalized spacial score (nSPS) is 21.6. The van der Waals surface area contributed by atoms with Crippen molar-refractivity contribution in [3.8, 4) is 11.5 Å². The van der Waals surface area contributed by atoms with Crippen molar-refractivity contribution in [3.05, 3.63) is 42.1 Å². The molecule has 10 nitrogen and oxygen atoms in total. The third-order valence-corrected chi connectivity index (χ3v) is 9.46. The molecule has 1 aromatic heterocycles. The number of ether oxygens (including phenoxy) is 4. The van der Waals surface area contributed by atoms with Crippen LogP contribution in [0.4, 0.5) is 4.79 Å². The van der Waals surface area contributed by atoms with Crippen molar-refractivity contribution in [2.75, 3.05) is 20.8 Å².